The standard InChI is InChI=1S/C11H16N2/c1-11(2,3)9-7-5-4-6-8(9)10(12)13/h4-7H,1-3H3,(H3,12,13). The monoisotopic (exact) mass is 176 g/mol. The number of hydrogen-bond donors (Lipinski definition) is 2. The van der Waals surface area contributed by atoms with E-state index in [4.69, 9.17) is 11.1 Å². The van der Waals surface area contributed by atoms with Gasteiger partial charge in [-0.3, -0.25) is 5.41 Å². The maximum Gasteiger partial charge on any atom is 0.123 e. The summed E-state index contributed by atoms with van der Waals surface area (Å²) in [5.41, 5.74) is 7.51. The summed E-state index contributed by atoms with van der Waals surface area (Å²) in [6, 6.07) is 7.80. The fraction of sp³-hybridized carbons (Fsp3) is 0.364. The summed E-state index contributed by atoms with van der Waals surface area (Å²) in [7, 11) is 0. The van der Waals surface area contributed by atoms with Crippen LogP contribution in [-0.2, 0) is 5.41 Å². The molecule has 0 bridgehead atoms. The van der Waals surface area contributed by atoms with Gasteiger partial charge in [0.15, 0.2) is 0 Å². The van der Waals surface area contributed by atoms with E-state index in [1.165, 1.54) is 0 Å². The molecule has 0 spiro atoms. The van der Waals surface area contributed by atoms with E-state index in [1.54, 1.807) is 0 Å². The molecule has 0 unspecified atom stereocenters. The molecule has 0 radical (unpaired) electrons. The van der Waals surface area contributed by atoms with Gasteiger partial charge < -0.3 is 5.73 Å². The van der Waals surface area contributed by atoms with Gasteiger partial charge in [0.2, 0.25) is 0 Å². The summed E-state index contributed by atoms with van der Waals surface area (Å²) in [6.45, 7) is 6.36. The molecule has 0 saturated carbocycles. The van der Waals surface area contributed by atoms with Crippen molar-refractivity contribution in [2.24, 2.45) is 5.73 Å². The Balaban J connectivity index is 3.28. The Bertz CT molecular complexity index is 321. The smallest absolute Gasteiger partial charge is 0.123 e. The molecule has 0 aliphatic rings. The van der Waals surface area contributed by atoms with Crippen LogP contribution < -0.4 is 5.73 Å². The minimum Gasteiger partial charge on any atom is -0.384 e. The average Bonchev–Trinajstić information content (AvgIpc) is 2.03. The molecular weight excluding hydrogens is 160 g/mol. The van der Waals surface area contributed by atoms with Crippen LogP contribution in [0.3, 0.4) is 0 Å². The Morgan fingerprint density at radius 3 is 2.15 bits per heavy atom. The molecule has 2 heteroatoms. The Kier molecular flexibility index (Phi) is 2.41. The zero-order valence-corrected chi connectivity index (χ0v) is 8.39. The quantitative estimate of drug-likeness (QED) is 0.500. The first-order valence-corrected chi connectivity index (χ1v) is 4.37. The van der Waals surface area contributed by atoms with E-state index in [0.717, 1.165) is 11.1 Å². The molecule has 0 amide bonds. The molecule has 3 N–H and O–H groups in total. The molecule has 0 aromatic heterocycles. The largest absolute Gasteiger partial charge is 0.384 e. The van der Waals surface area contributed by atoms with E-state index in [0.29, 0.717) is 0 Å². The van der Waals surface area contributed by atoms with E-state index in [1.807, 2.05) is 24.3 Å². The van der Waals surface area contributed by atoms with Crippen molar-refractivity contribution in [1.29, 1.82) is 5.41 Å². The average molecular weight is 176 g/mol. The van der Waals surface area contributed by atoms with Crippen LogP contribution in [0.1, 0.15) is 31.9 Å². The highest BCUT2D eigenvalue weighted by Gasteiger charge is 2.17. The second-order valence-corrected chi connectivity index (χ2v) is 4.21. The molecular formula is C11H16N2. The van der Waals surface area contributed by atoms with Gasteiger partial charge in [0.05, 0.1) is 0 Å². The molecule has 1 aromatic rings. The molecule has 13 heavy (non-hydrogen) atoms. The third-order valence-corrected chi connectivity index (χ3v) is 2.03. The SMILES string of the molecule is CC(C)(C)c1ccccc1C(=N)N. The second kappa shape index (κ2) is 3.21. The van der Waals surface area contributed by atoms with Crippen LogP contribution in [0.5, 0.6) is 0 Å². The van der Waals surface area contributed by atoms with Crippen molar-refractivity contribution in [2.75, 3.05) is 0 Å². The van der Waals surface area contributed by atoms with E-state index < -0.39 is 0 Å². The number of hydrogen-bond acceptors (Lipinski definition) is 1. The molecule has 0 fully saturated rings. The number of rotatable bonds is 1. The second-order valence-electron chi connectivity index (χ2n) is 4.21. The van der Waals surface area contributed by atoms with Crippen molar-refractivity contribution < 1.29 is 0 Å². The van der Waals surface area contributed by atoms with Crippen molar-refractivity contribution in [1.82, 2.24) is 0 Å². The lowest BCUT2D eigenvalue weighted by Crippen LogP contribution is -2.20. The van der Waals surface area contributed by atoms with Crippen molar-refractivity contribution in [3.63, 3.8) is 0 Å². The van der Waals surface area contributed by atoms with Gasteiger partial charge in [-0.05, 0) is 11.0 Å². The number of amidine groups is 1. The summed E-state index contributed by atoms with van der Waals surface area (Å²) in [5, 5.41) is 7.43. The Labute approximate surface area is 79.3 Å². The van der Waals surface area contributed by atoms with Gasteiger partial charge in [-0.25, -0.2) is 0 Å². The molecule has 0 heterocycles. The fourth-order valence-electron chi connectivity index (χ4n) is 1.37. The highest BCUT2D eigenvalue weighted by Crippen LogP contribution is 2.25. The summed E-state index contributed by atoms with van der Waals surface area (Å²) in [5.74, 6) is 0.144. The van der Waals surface area contributed by atoms with Gasteiger partial charge in [0, 0.05) is 5.56 Å². The predicted octanol–water partition coefficient (Wildman–Crippen LogP) is 2.27. The minimum absolute atomic E-state index is 0.0439. The van der Waals surface area contributed by atoms with Crippen molar-refractivity contribution >= 4 is 5.84 Å². The third-order valence-electron chi connectivity index (χ3n) is 2.03. The molecule has 0 aliphatic carbocycles. The Morgan fingerprint density at radius 1 is 1.23 bits per heavy atom. The lowest BCUT2D eigenvalue weighted by Gasteiger charge is -2.22. The minimum atomic E-state index is 0.0439. The molecule has 0 saturated heterocycles. The van der Waals surface area contributed by atoms with Gasteiger partial charge in [-0.1, -0.05) is 45.0 Å². The third kappa shape index (κ3) is 2.08. The zero-order valence-electron chi connectivity index (χ0n) is 8.39. The van der Waals surface area contributed by atoms with Crippen LogP contribution in [0.25, 0.3) is 0 Å². The highest BCUT2D eigenvalue weighted by atomic mass is 14.7. The van der Waals surface area contributed by atoms with Gasteiger partial charge in [-0.2, -0.15) is 0 Å². The first kappa shape index (κ1) is 9.78. The molecule has 70 valence electrons. The van der Waals surface area contributed by atoms with Gasteiger partial charge in [0.25, 0.3) is 0 Å². The van der Waals surface area contributed by atoms with Gasteiger partial charge in [0.1, 0.15) is 5.84 Å². The van der Waals surface area contributed by atoms with Crippen LogP contribution >= 0.6 is 0 Å². The van der Waals surface area contributed by atoms with Gasteiger partial charge in [-0.15, -0.1) is 0 Å². The van der Waals surface area contributed by atoms with Crippen LogP contribution in [0.15, 0.2) is 24.3 Å². The number of benzene rings is 1. The number of nitrogen functional groups attached to an aromatic ring is 1. The predicted molar refractivity (Wildman–Crippen MR) is 56.2 cm³/mol. The normalized spacial score (nSPS) is 11.3. The molecule has 1 aromatic carbocycles. The van der Waals surface area contributed by atoms with E-state index in [-0.39, 0.29) is 11.3 Å². The van der Waals surface area contributed by atoms with Gasteiger partial charge >= 0.3 is 0 Å². The van der Waals surface area contributed by atoms with Crippen molar-refractivity contribution in [3.05, 3.63) is 35.4 Å². The van der Waals surface area contributed by atoms with E-state index in [2.05, 4.69) is 20.8 Å². The topological polar surface area (TPSA) is 49.9 Å². The lowest BCUT2D eigenvalue weighted by atomic mass is 9.83. The summed E-state index contributed by atoms with van der Waals surface area (Å²) >= 11 is 0. The highest BCUT2D eigenvalue weighted by molar-refractivity contribution is 5.96. The zero-order chi connectivity index (χ0) is 10.1. The maximum absolute atomic E-state index is 7.43. The molecule has 0 aliphatic heterocycles. The van der Waals surface area contributed by atoms with Crippen LogP contribution in [0.2, 0.25) is 0 Å². The Hall–Kier alpha value is -1.31. The molecule has 0 atom stereocenters. The van der Waals surface area contributed by atoms with Crippen molar-refractivity contribution in [2.45, 2.75) is 26.2 Å². The number of nitrogens with two attached hydrogens (primary N) is 1. The fourth-order valence-corrected chi connectivity index (χ4v) is 1.37. The lowest BCUT2D eigenvalue weighted by molar-refractivity contribution is 0.589. The van der Waals surface area contributed by atoms with Crippen molar-refractivity contribution in [3.8, 4) is 0 Å². The summed E-state index contributed by atoms with van der Waals surface area (Å²) in [4.78, 5) is 0. The van der Waals surface area contributed by atoms with E-state index >= 15 is 0 Å². The summed E-state index contributed by atoms with van der Waals surface area (Å²) < 4.78 is 0. The van der Waals surface area contributed by atoms with Crippen LogP contribution in [0, 0.1) is 5.41 Å². The first-order valence-electron chi connectivity index (χ1n) is 4.37. The van der Waals surface area contributed by atoms with Crippen LogP contribution in [-0.4, -0.2) is 5.84 Å². The number of nitrogens with one attached hydrogen (secondary N) is 1. The molecule has 1 rings (SSSR count). The molecule has 2 nitrogen and oxygen atoms in total. The van der Waals surface area contributed by atoms with Crippen LogP contribution in [0.4, 0.5) is 0 Å². The maximum atomic E-state index is 7.43. The Morgan fingerprint density at radius 2 is 1.77 bits per heavy atom. The first-order chi connectivity index (χ1) is 5.93. The summed E-state index contributed by atoms with van der Waals surface area (Å²) in [6.07, 6.45) is 0. The van der Waals surface area contributed by atoms with E-state index in [9.17, 15) is 0 Å².